The lowest BCUT2D eigenvalue weighted by atomic mass is 9.81. The van der Waals surface area contributed by atoms with E-state index in [1.54, 1.807) is 0 Å². The number of rotatable bonds is 6. The van der Waals surface area contributed by atoms with Crippen molar-refractivity contribution < 1.29 is 0 Å². The molecule has 10 aromatic rings. The van der Waals surface area contributed by atoms with Crippen LogP contribution in [0.5, 0.6) is 0 Å². The second kappa shape index (κ2) is 12.8. The number of benzene rings is 9. The molecule has 0 radical (unpaired) electrons. The topological polar surface area (TPSA) is 8.17 Å². The lowest BCUT2D eigenvalue weighted by molar-refractivity contribution is 0.661. The van der Waals surface area contributed by atoms with Crippen LogP contribution in [-0.2, 0) is 5.41 Å². The van der Waals surface area contributed by atoms with Gasteiger partial charge in [0.2, 0.25) is 0 Å². The van der Waals surface area contributed by atoms with Gasteiger partial charge in [-0.25, -0.2) is 0 Å². The van der Waals surface area contributed by atoms with Gasteiger partial charge in [0.25, 0.3) is 0 Å². The van der Waals surface area contributed by atoms with E-state index in [-0.39, 0.29) is 5.41 Å². The molecule has 1 aromatic heterocycles. The molecule has 0 N–H and O–H groups in total. The minimum absolute atomic E-state index is 0.0919. The third kappa shape index (κ3) is 4.93. The van der Waals surface area contributed by atoms with Crippen molar-refractivity contribution in [2.45, 2.75) is 19.3 Å². The van der Waals surface area contributed by atoms with Crippen molar-refractivity contribution in [3.8, 4) is 61.3 Å². The van der Waals surface area contributed by atoms with Gasteiger partial charge in [-0.3, -0.25) is 0 Å². The lowest BCUT2D eigenvalue weighted by Gasteiger charge is -2.30. The van der Waals surface area contributed by atoms with Crippen LogP contribution in [-0.4, -0.2) is 4.57 Å². The van der Waals surface area contributed by atoms with Crippen molar-refractivity contribution in [2.75, 3.05) is 4.90 Å². The molecule has 0 unspecified atom stereocenters. The molecule has 0 bridgehead atoms. The SMILES string of the molecule is CC1(C)c2cccc3c2-c2c1ccc1c4ccc(-c5ccccc5N(c5ccccc5)c5ccc(-c6ccccc6)cc5-c5ccccc5)cc4n(c21)-c1ccccc1-3. The summed E-state index contributed by atoms with van der Waals surface area (Å²) in [6.45, 7) is 4.78. The van der Waals surface area contributed by atoms with Gasteiger partial charge in [0.05, 0.1) is 28.1 Å². The van der Waals surface area contributed by atoms with Crippen molar-refractivity contribution in [2.24, 2.45) is 0 Å². The van der Waals surface area contributed by atoms with Crippen LogP contribution in [0.15, 0.2) is 206 Å². The Morgan fingerprint density at radius 2 is 1.00 bits per heavy atom. The minimum Gasteiger partial charge on any atom is -0.309 e. The second-order valence-electron chi connectivity index (χ2n) is 16.5. The van der Waals surface area contributed by atoms with Gasteiger partial charge in [0, 0.05) is 44.1 Å². The summed E-state index contributed by atoms with van der Waals surface area (Å²) in [7, 11) is 0. The highest BCUT2D eigenvalue weighted by Crippen LogP contribution is 2.58. The van der Waals surface area contributed by atoms with Crippen LogP contribution in [0.4, 0.5) is 17.1 Å². The molecule has 1 aliphatic carbocycles. The summed E-state index contributed by atoms with van der Waals surface area (Å²) in [5.74, 6) is 0. The molecule has 2 heterocycles. The molecule has 0 fully saturated rings. The molecule has 0 saturated carbocycles. The predicted octanol–water partition coefficient (Wildman–Crippen LogP) is 15.5. The third-order valence-corrected chi connectivity index (χ3v) is 12.9. The summed E-state index contributed by atoms with van der Waals surface area (Å²) in [4.78, 5) is 2.45. The zero-order chi connectivity index (χ0) is 39.2. The third-order valence-electron chi connectivity index (χ3n) is 12.9. The lowest BCUT2D eigenvalue weighted by Crippen LogP contribution is -2.15. The first-order chi connectivity index (χ1) is 29.1. The molecule has 2 aliphatic rings. The average molecular weight is 753 g/mol. The van der Waals surface area contributed by atoms with E-state index in [4.69, 9.17) is 0 Å². The normalized spacial score (nSPS) is 13.1. The minimum atomic E-state index is -0.0919. The maximum atomic E-state index is 2.57. The van der Waals surface area contributed by atoms with Crippen molar-refractivity contribution in [1.82, 2.24) is 4.57 Å². The number of para-hydroxylation sites is 3. The first-order valence-electron chi connectivity index (χ1n) is 20.6. The molecule has 0 spiro atoms. The highest BCUT2D eigenvalue weighted by molar-refractivity contribution is 6.19. The monoisotopic (exact) mass is 752 g/mol. The first-order valence-corrected chi connectivity index (χ1v) is 20.6. The summed E-state index contributed by atoms with van der Waals surface area (Å²) in [6.07, 6.45) is 0. The summed E-state index contributed by atoms with van der Waals surface area (Å²) in [6, 6.07) is 76.0. The molecule has 2 heteroatoms. The largest absolute Gasteiger partial charge is 0.309 e. The average Bonchev–Trinajstić information content (AvgIpc) is 3.70. The maximum absolute atomic E-state index is 2.57. The van der Waals surface area contributed by atoms with Gasteiger partial charge < -0.3 is 9.47 Å². The Bertz CT molecular complexity index is 3280. The Kier molecular flexibility index (Phi) is 7.31. The van der Waals surface area contributed by atoms with Crippen LogP contribution < -0.4 is 4.90 Å². The van der Waals surface area contributed by atoms with Crippen LogP contribution >= 0.6 is 0 Å². The molecule has 9 aromatic carbocycles. The van der Waals surface area contributed by atoms with E-state index >= 15 is 0 Å². The number of nitrogens with zero attached hydrogens (tertiary/aromatic N) is 2. The van der Waals surface area contributed by atoms with E-state index in [2.05, 4.69) is 230 Å². The van der Waals surface area contributed by atoms with Gasteiger partial charge >= 0.3 is 0 Å². The van der Waals surface area contributed by atoms with E-state index in [0.717, 1.165) is 17.1 Å². The molecular formula is C57H40N2. The van der Waals surface area contributed by atoms with Crippen molar-refractivity contribution in [3.05, 3.63) is 217 Å². The number of aromatic nitrogens is 1. The molecule has 2 nitrogen and oxygen atoms in total. The molecular weight excluding hydrogens is 713 g/mol. The number of hydrogen-bond acceptors (Lipinski definition) is 1. The van der Waals surface area contributed by atoms with E-state index in [1.807, 2.05) is 0 Å². The number of anilines is 3. The highest BCUT2D eigenvalue weighted by Gasteiger charge is 2.40. The number of fused-ring (bicyclic) bond motifs is 6. The van der Waals surface area contributed by atoms with Gasteiger partial charge in [-0.05, 0) is 87.0 Å². The highest BCUT2D eigenvalue weighted by atomic mass is 15.1. The van der Waals surface area contributed by atoms with Crippen LogP contribution in [0.25, 0.3) is 83.1 Å². The van der Waals surface area contributed by atoms with Crippen LogP contribution in [0.1, 0.15) is 25.0 Å². The first kappa shape index (κ1) is 33.7. The van der Waals surface area contributed by atoms with Crippen molar-refractivity contribution in [3.63, 3.8) is 0 Å². The molecule has 1 aliphatic heterocycles. The van der Waals surface area contributed by atoms with Gasteiger partial charge in [-0.2, -0.15) is 0 Å². The molecule has 0 amide bonds. The van der Waals surface area contributed by atoms with Gasteiger partial charge in [-0.15, -0.1) is 0 Å². The zero-order valence-electron chi connectivity index (χ0n) is 33.0. The van der Waals surface area contributed by atoms with E-state index in [0.29, 0.717) is 0 Å². The fraction of sp³-hybridized carbons (Fsp3) is 0.0526. The summed E-state index contributed by atoms with van der Waals surface area (Å²) < 4.78 is 2.57. The van der Waals surface area contributed by atoms with Crippen LogP contribution in [0.2, 0.25) is 0 Å². The van der Waals surface area contributed by atoms with Gasteiger partial charge in [-0.1, -0.05) is 178 Å². The molecule has 12 rings (SSSR count). The van der Waals surface area contributed by atoms with Gasteiger partial charge in [0.15, 0.2) is 0 Å². The quantitative estimate of drug-likeness (QED) is 0.164. The molecule has 0 atom stereocenters. The second-order valence-corrected chi connectivity index (χ2v) is 16.5. The predicted molar refractivity (Wildman–Crippen MR) is 248 cm³/mol. The Hall–Kier alpha value is -7.42. The Morgan fingerprint density at radius 1 is 0.390 bits per heavy atom. The maximum Gasteiger partial charge on any atom is 0.0623 e. The molecule has 278 valence electrons. The summed E-state index contributed by atoms with van der Waals surface area (Å²) in [5, 5.41) is 2.57. The van der Waals surface area contributed by atoms with Crippen LogP contribution in [0.3, 0.4) is 0 Å². The Labute approximate surface area is 344 Å². The van der Waals surface area contributed by atoms with Crippen LogP contribution in [0, 0.1) is 0 Å². The molecule has 0 saturated heterocycles. The fourth-order valence-electron chi connectivity index (χ4n) is 10.2. The summed E-state index contributed by atoms with van der Waals surface area (Å²) >= 11 is 0. The zero-order valence-corrected chi connectivity index (χ0v) is 33.0. The van der Waals surface area contributed by atoms with Gasteiger partial charge in [0.1, 0.15) is 0 Å². The smallest absolute Gasteiger partial charge is 0.0623 e. The van der Waals surface area contributed by atoms with E-state index in [9.17, 15) is 0 Å². The summed E-state index contributed by atoms with van der Waals surface area (Å²) in [5.41, 5.74) is 22.3. The van der Waals surface area contributed by atoms with Crippen molar-refractivity contribution >= 4 is 38.9 Å². The standard InChI is InChI=1S/C57H40N2/c1-57(2)48-26-16-25-45-43-24-13-15-28-51(43)59-53-36-40(29-31-44(53)46-32-33-49(57)55(54(45)48)56(46)59)42-23-12-14-27-50(42)58(41-21-10-5-11-22-41)52-34-30-39(37-17-6-3-7-18-37)35-47(52)38-19-8-4-9-20-38/h3-36H,1-2H3. The van der Waals surface area contributed by atoms with E-state index < -0.39 is 0 Å². The Balaban J connectivity index is 1.12. The number of hydrogen-bond donors (Lipinski definition) is 0. The van der Waals surface area contributed by atoms with Crippen molar-refractivity contribution in [1.29, 1.82) is 0 Å². The fourth-order valence-corrected chi connectivity index (χ4v) is 10.2. The molecule has 59 heavy (non-hydrogen) atoms. The Morgan fingerprint density at radius 3 is 1.80 bits per heavy atom. The van der Waals surface area contributed by atoms with E-state index in [1.165, 1.54) is 94.3 Å².